The van der Waals surface area contributed by atoms with Gasteiger partial charge in [0.05, 0.1) is 16.6 Å². The molecular formula is C25H28N4O2S. The van der Waals surface area contributed by atoms with Gasteiger partial charge < -0.3 is 9.80 Å². The van der Waals surface area contributed by atoms with Gasteiger partial charge in [-0.15, -0.1) is 11.3 Å². The summed E-state index contributed by atoms with van der Waals surface area (Å²) in [5.74, 6) is -0.160. The van der Waals surface area contributed by atoms with Crippen molar-refractivity contribution in [2.24, 2.45) is 5.92 Å². The lowest BCUT2D eigenvalue weighted by molar-refractivity contribution is -0.134. The molecule has 1 aromatic carbocycles. The van der Waals surface area contributed by atoms with E-state index in [1.54, 1.807) is 6.20 Å². The van der Waals surface area contributed by atoms with Crippen LogP contribution in [0.15, 0.2) is 48.8 Å². The van der Waals surface area contributed by atoms with Crippen LogP contribution in [0.2, 0.25) is 0 Å². The molecule has 1 aliphatic heterocycles. The first-order valence-corrected chi connectivity index (χ1v) is 11.8. The number of carbonyl (C=O) groups excluding carboxylic acids is 2. The number of aryl methyl sites for hydroxylation is 2. The van der Waals surface area contributed by atoms with E-state index in [1.165, 1.54) is 11.3 Å². The molecular weight excluding hydrogens is 420 g/mol. The van der Waals surface area contributed by atoms with Crippen molar-refractivity contribution in [3.05, 3.63) is 69.9 Å². The van der Waals surface area contributed by atoms with Gasteiger partial charge in [0.1, 0.15) is 4.88 Å². The van der Waals surface area contributed by atoms with Gasteiger partial charge in [-0.2, -0.15) is 0 Å². The van der Waals surface area contributed by atoms with Crippen LogP contribution in [-0.4, -0.2) is 57.8 Å². The number of amides is 2. The molecule has 0 N–H and O–H groups in total. The molecule has 6 nitrogen and oxygen atoms in total. The third-order valence-corrected chi connectivity index (χ3v) is 7.00. The molecule has 1 atom stereocenters. The number of hydrogen-bond donors (Lipinski definition) is 0. The summed E-state index contributed by atoms with van der Waals surface area (Å²) < 4.78 is 0. The van der Waals surface area contributed by atoms with Crippen LogP contribution in [0.3, 0.4) is 0 Å². The Morgan fingerprint density at radius 1 is 1.12 bits per heavy atom. The number of thiazole rings is 1. The normalized spacial score (nSPS) is 16.8. The first kappa shape index (κ1) is 22.1. The van der Waals surface area contributed by atoms with Gasteiger partial charge in [-0.1, -0.05) is 30.3 Å². The Balaban J connectivity index is 1.54. The monoisotopic (exact) mass is 448 g/mol. The molecule has 32 heavy (non-hydrogen) atoms. The lowest BCUT2D eigenvalue weighted by Gasteiger charge is -2.23. The molecule has 3 aromatic rings. The van der Waals surface area contributed by atoms with E-state index in [1.807, 2.05) is 48.9 Å². The Bertz CT molecular complexity index is 1090. The quantitative estimate of drug-likeness (QED) is 0.592. The van der Waals surface area contributed by atoms with Gasteiger partial charge in [-0.3, -0.25) is 14.6 Å². The fourth-order valence-electron chi connectivity index (χ4n) is 4.22. The van der Waals surface area contributed by atoms with E-state index >= 15 is 0 Å². The zero-order chi connectivity index (χ0) is 22.7. The van der Waals surface area contributed by atoms with Crippen molar-refractivity contribution in [3.8, 4) is 11.1 Å². The van der Waals surface area contributed by atoms with Crippen LogP contribution in [-0.2, 0) is 11.2 Å². The van der Waals surface area contributed by atoms with Gasteiger partial charge in [0.25, 0.3) is 5.91 Å². The third kappa shape index (κ3) is 4.72. The maximum Gasteiger partial charge on any atom is 0.265 e. The van der Waals surface area contributed by atoms with E-state index in [4.69, 9.17) is 0 Å². The topological polar surface area (TPSA) is 66.4 Å². The summed E-state index contributed by atoms with van der Waals surface area (Å²) in [6.45, 7) is 7.97. The Morgan fingerprint density at radius 3 is 2.53 bits per heavy atom. The molecule has 166 valence electrons. The number of hydrogen-bond acceptors (Lipinski definition) is 5. The van der Waals surface area contributed by atoms with E-state index in [0.717, 1.165) is 27.4 Å². The van der Waals surface area contributed by atoms with Gasteiger partial charge in [0.15, 0.2) is 0 Å². The second kappa shape index (κ2) is 9.61. The number of benzene rings is 1. The molecule has 1 saturated heterocycles. The summed E-state index contributed by atoms with van der Waals surface area (Å²) in [5, 5.41) is 0.886. The van der Waals surface area contributed by atoms with Gasteiger partial charge in [0.2, 0.25) is 5.91 Å². The number of aromatic nitrogens is 2. The van der Waals surface area contributed by atoms with E-state index < -0.39 is 0 Å². The van der Waals surface area contributed by atoms with Crippen molar-refractivity contribution in [1.82, 2.24) is 19.8 Å². The molecule has 1 aliphatic rings. The molecule has 1 unspecified atom stereocenters. The number of likely N-dealkylation sites (N-methyl/N-ethyl adjacent to an activating group) is 1. The summed E-state index contributed by atoms with van der Waals surface area (Å²) in [6.07, 6.45) is 4.21. The second-order valence-corrected chi connectivity index (χ2v) is 9.36. The highest BCUT2D eigenvalue weighted by molar-refractivity contribution is 7.13. The SMILES string of the molecule is CCN1CCN(C(=O)c2sc(C)nc2C)CC(Cc2ccc(-c3cccnc3)cc2)C1=O. The van der Waals surface area contributed by atoms with Crippen molar-refractivity contribution in [2.45, 2.75) is 27.2 Å². The van der Waals surface area contributed by atoms with E-state index in [0.29, 0.717) is 37.5 Å². The molecule has 4 rings (SSSR count). The van der Waals surface area contributed by atoms with Crippen LogP contribution in [0.25, 0.3) is 11.1 Å². The van der Waals surface area contributed by atoms with Gasteiger partial charge in [-0.25, -0.2) is 4.98 Å². The predicted octanol–water partition coefficient (Wildman–Crippen LogP) is 3.99. The lowest BCUT2D eigenvalue weighted by Crippen LogP contribution is -2.37. The summed E-state index contributed by atoms with van der Waals surface area (Å²) in [5.41, 5.74) is 4.01. The van der Waals surface area contributed by atoms with Crippen molar-refractivity contribution < 1.29 is 9.59 Å². The van der Waals surface area contributed by atoms with Gasteiger partial charge >= 0.3 is 0 Å². The smallest absolute Gasteiger partial charge is 0.265 e. The van der Waals surface area contributed by atoms with Crippen LogP contribution in [0.1, 0.15) is 32.9 Å². The second-order valence-electron chi connectivity index (χ2n) is 8.16. The highest BCUT2D eigenvalue weighted by atomic mass is 32.1. The highest BCUT2D eigenvalue weighted by Gasteiger charge is 2.33. The molecule has 0 saturated carbocycles. The van der Waals surface area contributed by atoms with Crippen molar-refractivity contribution in [1.29, 1.82) is 0 Å². The third-order valence-electron chi connectivity index (χ3n) is 5.94. The molecule has 2 aromatic heterocycles. The van der Waals surface area contributed by atoms with Gasteiger partial charge in [0, 0.05) is 38.6 Å². The minimum absolute atomic E-state index is 0.0178. The summed E-state index contributed by atoms with van der Waals surface area (Å²) >= 11 is 1.43. The maximum absolute atomic E-state index is 13.2. The van der Waals surface area contributed by atoms with Crippen molar-refractivity contribution in [3.63, 3.8) is 0 Å². The minimum atomic E-state index is -0.264. The molecule has 0 spiro atoms. The number of rotatable bonds is 5. The number of nitrogens with zero attached hydrogens (tertiary/aromatic N) is 4. The van der Waals surface area contributed by atoms with Crippen LogP contribution >= 0.6 is 11.3 Å². The standard InChI is InChI=1S/C25H28N4O2S/c1-4-28-12-13-29(25(31)23-17(2)27-18(3)32-23)16-22(24(28)30)14-19-7-9-20(10-8-19)21-6-5-11-26-15-21/h5-11,15,22H,4,12-14,16H2,1-3H3. The van der Waals surface area contributed by atoms with E-state index in [-0.39, 0.29) is 17.7 Å². The fourth-order valence-corrected chi connectivity index (χ4v) is 5.11. The predicted molar refractivity (Wildman–Crippen MR) is 127 cm³/mol. The molecule has 0 aliphatic carbocycles. The zero-order valence-corrected chi connectivity index (χ0v) is 19.6. The summed E-state index contributed by atoms with van der Waals surface area (Å²) in [6, 6.07) is 12.2. The van der Waals surface area contributed by atoms with E-state index in [2.05, 4.69) is 34.2 Å². The molecule has 1 fully saturated rings. The largest absolute Gasteiger partial charge is 0.341 e. The number of pyridine rings is 1. The Kier molecular flexibility index (Phi) is 6.65. The summed E-state index contributed by atoms with van der Waals surface area (Å²) in [7, 11) is 0. The molecule has 0 radical (unpaired) electrons. The van der Waals surface area contributed by atoms with Crippen LogP contribution < -0.4 is 0 Å². The van der Waals surface area contributed by atoms with Crippen molar-refractivity contribution in [2.75, 3.05) is 26.2 Å². The Hall–Kier alpha value is -3.06. The molecule has 2 amide bonds. The fraction of sp³-hybridized carbons (Fsp3) is 0.360. The minimum Gasteiger partial charge on any atom is -0.341 e. The Morgan fingerprint density at radius 2 is 1.91 bits per heavy atom. The summed E-state index contributed by atoms with van der Waals surface area (Å²) in [4.78, 5) is 39.4. The maximum atomic E-state index is 13.2. The van der Waals surface area contributed by atoms with Crippen LogP contribution in [0.5, 0.6) is 0 Å². The lowest BCUT2D eigenvalue weighted by atomic mass is 9.96. The average molecular weight is 449 g/mol. The number of carbonyl (C=O) groups is 2. The molecule has 3 heterocycles. The highest BCUT2D eigenvalue weighted by Crippen LogP contribution is 2.24. The Labute approximate surface area is 192 Å². The first-order valence-electron chi connectivity index (χ1n) is 11.0. The molecule has 0 bridgehead atoms. The van der Waals surface area contributed by atoms with Crippen LogP contribution in [0, 0.1) is 19.8 Å². The first-order chi connectivity index (χ1) is 15.5. The van der Waals surface area contributed by atoms with Crippen LogP contribution in [0.4, 0.5) is 0 Å². The van der Waals surface area contributed by atoms with Gasteiger partial charge in [-0.05, 0) is 49.9 Å². The van der Waals surface area contributed by atoms with Crippen molar-refractivity contribution >= 4 is 23.2 Å². The molecule has 7 heteroatoms. The van der Waals surface area contributed by atoms with E-state index in [9.17, 15) is 9.59 Å². The average Bonchev–Trinajstić information content (AvgIpc) is 3.07. The zero-order valence-electron chi connectivity index (χ0n) is 18.7.